The average Bonchev–Trinajstić information content (AvgIpc) is 2.84. The molecule has 38 heavy (non-hydrogen) atoms. The maximum atomic E-state index is 14.7. The third kappa shape index (κ3) is 6.07. The molecule has 0 aliphatic rings. The van der Waals surface area contributed by atoms with Crippen LogP contribution in [-0.2, 0) is 9.59 Å². The fraction of sp³-hybridized carbons (Fsp3) is 0.0909. The van der Waals surface area contributed by atoms with Gasteiger partial charge in [-0.05, 0) is 24.3 Å². The smallest absolute Gasteiger partial charge is 0.449 e. The Hall–Kier alpha value is -4.50. The molecule has 0 radical (unpaired) electrons. The Bertz CT molecular complexity index is 1260. The van der Waals surface area contributed by atoms with Crippen LogP contribution in [0.2, 0.25) is 0 Å². The predicted molar refractivity (Wildman–Crippen MR) is 109 cm³/mol. The van der Waals surface area contributed by atoms with Gasteiger partial charge < -0.3 is 20.1 Å². The Morgan fingerprint density at radius 2 is 0.842 bits per heavy atom. The fourth-order valence-electron chi connectivity index (χ4n) is 2.69. The Labute approximate surface area is 204 Å². The van der Waals surface area contributed by atoms with E-state index in [9.17, 15) is 53.5 Å². The van der Waals surface area contributed by atoms with Crippen molar-refractivity contribution in [1.82, 2.24) is 0 Å². The van der Waals surface area contributed by atoms with Gasteiger partial charge in [0.15, 0.2) is 11.5 Å². The Balaban J connectivity index is 1.98. The first kappa shape index (κ1) is 28.1. The summed E-state index contributed by atoms with van der Waals surface area (Å²) >= 11 is 0. The van der Waals surface area contributed by atoms with Crippen molar-refractivity contribution in [2.24, 2.45) is 0 Å². The summed E-state index contributed by atoms with van der Waals surface area (Å²) in [5.74, 6) is -19.3. The summed E-state index contributed by atoms with van der Waals surface area (Å²) in [7, 11) is 0. The molecule has 0 atom stereocenters. The molecule has 0 aromatic heterocycles. The summed E-state index contributed by atoms with van der Waals surface area (Å²) in [6.07, 6.45) is -10.7. The van der Waals surface area contributed by atoms with Crippen molar-refractivity contribution in [3.63, 3.8) is 0 Å². The molecule has 0 saturated heterocycles. The Morgan fingerprint density at radius 1 is 0.553 bits per heavy atom. The zero-order valence-electron chi connectivity index (χ0n) is 18.0. The molecule has 0 aliphatic heterocycles. The van der Waals surface area contributed by atoms with Gasteiger partial charge in [0.05, 0.1) is 11.4 Å². The largest absolute Gasteiger partial charge is 0.471 e. The van der Waals surface area contributed by atoms with E-state index in [1.807, 2.05) is 0 Å². The quantitative estimate of drug-likeness (QED) is 0.258. The molecule has 0 bridgehead atoms. The number of carbonyl (C=O) groups is 2. The maximum absolute atomic E-state index is 14.7. The normalized spacial score (nSPS) is 11.6. The van der Waals surface area contributed by atoms with E-state index in [4.69, 9.17) is 9.47 Å². The van der Waals surface area contributed by atoms with Crippen molar-refractivity contribution in [3.05, 3.63) is 71.8 Å². The second-order valence-corrected chi connectivity index (χ2v) is 7.01. The summed E-state index contributed by atoms with van der Waals surface area (Å²) in [6.45, 7) is 0. The average molecular weight is 556 g/mol. The maximum Gasteiger partial charge on any atom is 0.471 e. The molecular weight excluding hydrogens is 546 g/mol. The van der Waals surface area contributed by atoms with Gasteiger partial charge in [0.2, 0.25) is 34.8 Å². The minimum atomic E-state index is -5.36. The number of ether oxygens (including phenoxy) is 2. The summed E-state index contributed by atoms with van der Waals surface area (Å²) in [4.78, 5) is 22.4. The van der Waals surface area contributed by atoms with E-state index in [0.717, 1.165) is 48.5 Å². The highest BCUT2D eigenvalue weighted by atomic mass is 19.4. The summed E-state index contributed by atoms with van der Waals surface area (Å²) in [5, 5.41) is 2.71. The minimum Gasteiger partial charge on any atom is -0.449 e. The van der Waals surface area contributed by atoms with Crippen LogP contribution in [0.15, 0.2) is 48.5 Å². The van der Waals surface area contributed by atoms with Crippen LogP contribution in [0.25, 0.3) is 0 Å². The zero-order valence-corrected chi connectivity index (χ0v) is 18.0. The van der Waals surface area contributed by atoms with Crippen molar-refractivity contribution in [1.29, 1.82) is 0 Å². The van der Waals surface area contributed by atoms with Crippen molar-refractivity contribution >= 4 is 23.2 Å². The number of rotatable bonds is 6. The van der Waals surface area contributed by atoms with Crippen LogP contribution in [0.3, 0.4) is 0 Å². The van der Waals surface area contributed by atoms with Gasteiger partial charge in [-0.3, -0.25) is 9.59 Å². The number of hydrogen-bond donors (Lipinski definition) is 2. The Kier molecular flexibility index (Phi) is 7.74. The van der Waals surface area contributed by atoms with Crippen LogP contribution in [0.4, 0.5) is 55.3 Å². The van der Waals surface area contributed by atoms with Crippen LogP contribution < -0.4 is 20.1 Å². The van der Waals surface area contributed by atoms with Gasteiger partial charge in [0.25, 0.3) is 0 Å². The van der Waals surface area contributed by atoms with E-state index >= 15 is 0 Å². The monoisotopic (exact) mass is 556 g/mol. The zero-order chi connectivity index (χ0) is 28.4. The molecule has 3 rings (SSSR count). The van der Waals surface area contributed by atoms with E-state index in [1.54, 1.807) is 0 Å². The first-order chi connectivity index (χ1) is 17.6. The standard InChI is InChI=1S/C22H10F10N2O4/c23-13-15(25)18(38-12-8-4-2-6-10(12)34-20(36)22(30,31)32)16(26)14(24)17(13)37-11-7-3-1-5-9(11)33-19(35)21(27,28)29/h1-8H,(H,33,35)(H,34,36). The number of carbonyl (C=O) groups excluding carboxylic acids is 2. The van der Waals surface area contributed by atoms with E-state index in [0.29, 0.717) is 0 Å². The van der Waals surface area contributed by atoms with Gasteiger partial charge in [-0.25, -0.2) is 0 Å². The van der Waals surface area contributed by atoms with E-state index in [2.05, 4.69) is 0 Å². The third-order valence-corrected chi connectivity index (χ3v) is 4.39. The first-order valence-electron chi connectivity index (χ1n) is 9.77. The Morgan fingerprint density at radius 3 is 1.13 bits per heavy atom. The van der Waals surface area contributed by atoms with Crippen molar-refractivity contribution < 1.29 is 63.0 Å². The molecule has 6 nitrogen and oxygen atoms in total. The summed E-state index contributed by atoms with van der Waals surface area (Å²) < 4.78 is 143. The molecule has 3 aromatic rings. The lowest BCUT2D eigenvalue weighted by molar-refractivity contribution is -0.167. The fourth-order valence-corrected chi connectivity index (χ4v) is 2.69. The number of hydrogen-bond acceptors (Lipinski definition) is 4. The highest BCUT2D eigenvalue weighted by Gasteiger charge is 2.40. The topological polar surface area (TPSA) is 76.7 Å². The van der Waals surface area contributed by atoms with E-state index in [-0.39, 0.29) is 0 Å². The molecule has 202 valence electrons. The molecule has 0 fully saturated rings. The number of para-hydroxylation sites is 4. The highest BCUT2D eigenvalue weighted by molar-refractivity contribution is 5.96. The van der Waals surface area contributed by atoms with Crippen LogP contribution in [0.5, 0.6) is 23.0 Å². The number of nitrogens with one attached hydrogen (secondary N) is 2. The number of halogens is 10. The molecule has 0 unspecified atom stereocenters. The molecule has 2 N–H and O–H groups in total. The van der Waals surface area contributed by atoms with Gasteiger partial charge in [-0.15, -0.1) is 0 Å². The van der Waals surface area contributed by atoms with Crippen molar-refractivity contribution in [2.45, 2.75) is 12.4 Å². The van der Waals surface area contributed by atoms with Crippen molar-refractivity contribution in [3.8, 4) is 23.0 Å². The highest BCUT2D eigenvalue weighted by Crippen LogP contribution is 2.41. The van der Waals surface area contributed by atoms with Gasteiger partial charge in [-0.1, -0.05) is 24.3 Å². The van der Waals surface area contributed by atoms with Crippen LogP contribution >= 0.6 is 0 Å². The van der Waals surface area contributed by atoms with Crippen LogP contribution in [0, 0.1) is 23.3 Å². The third-order valence-electron chi connectivity index (χ3n) is 4.39. The van der Waals surface area contributed by atoms with Gasteiger partial charge in [-0.2, -0.15) is 43.9 Å². The molecule has 16 heteroatoms. The number of anilines is 2. The molecule has 0 aliphatic carbocycles. The molecule has 0 saturated carbocycles. The van der Waals surface area contributed by atoms with E-state index in [1.165, 1.54) is 10.6 Å². The molecule has 0 spiro atoms. The van der Waals surface area contributed by atoms with Gasteiger partial charge >= 0.3 is 24.2 Å². The molecule has 0 heterocycles. The number of amides is 2. The summed E-state index contributed by atoms with van der Waals surface area (Å²) in [5.41, 5.74) is -1.55. The number of benzene rings is 3. The van der Waals surface area contributed by atoms with Crippen LogP contribution in [0.1, 0.15) is 0 Å². The van der Waals surface area contributed by atoms with Crippen LogP contribution in [-0.4, -0.2) is 24.2 Å². The number of alkyl halides is 6. The minimum absolute atomic E-state index is 0.774. The molecular formula is C22H10F10N2O4. The SMILES string of the molecule is O=C(Nc1ccccc1Oc1c(F)c(F)c(Oc2ccccc2NC(=O)C(F)(F)F)c(F)c1F)C(F)(F)F. The predicted octanol–water partition coefficient (Wildman–Crippen LogP) is 6.83. The first-order valence-corrected chi connectivity index (χ1v) is 9.77. The lowest BCUT2D eigenvalue weighted by Gasteiger charge is -2.17. The van der Waals surface area contributed by atoms with Crippen molar-refractivity contribution in [2.75, 3.05) is 10.6 Å². The second kappa shape index (κ2) is 10.5. The lowest BCUT2D eigenvalue weighted by Crippen LogP contribution is -2.30. The lowest BCUT2D eigenvalue weighted by atomic mass is 10.2. The second-order valence-electron chi connectivity index (χ2n) is 7.01. The van der Waals surface area contributed by atoms with Gasteiger partial charge in [0.1, 0.15) is 0 Å². The molecule has 2 amide bonds. The van der Waals surface area contributed by atoms with E-state index < -0.39 is 81.8 Å². The molecule has 3 aromatic carbocycles. The van der Waals surface area contributed by atoms with Gasteiger partial charge in [0, 0.05) is 0 Å². The summed E-state index contributed by atoms with van der Waals surface area (Å²) in [6, 6.07) is 7.64.